The lowest BCUT2D eigenvalue weighted by Crippen LogP contribution is -2.35. The van der Waals surface area contributed by atoms with Gasteiger partial charge in [0.15, 0.2) is 0 Å². The number of carbonyl (C=O) groups is 1. The van der Waals surface area contributed by atoms with E-state index in [1.165, 1.54) is 0 Å². The molecule has 1 amide bonds. The molecule has 3 nitrogen and oxygen atoms in total. The molecule has 78 valence electrons. The van der Waals surface area contributed by atoms with Gasteiger partial charge >= 0.3 is 0 Å². The molecule has 0 fully saturated rings. The van der Waals surface area contributed by atoms with Crippen molar-refractivity contribution in [2.45, 2.75) is 0 Å². The van der Waals surface area contributed by atoms with E-state index in [0.717, 1.165) is 5.69 Å². The van der Waals surface area contributed by atoms with Gasteiger partial charge in [-0.15, -0.1) is 6.42 Å². The van der Waals surface area contributed by atoms with Crippen molar-refractivity contribution in [3.8, 4) is 12.3 Å². The van der Waals surface area contributed by atoms with Crippen LogP contribution >= 0.6 is 0 Å². The Labute approximate surface area is 90.1 Å². The van der Waals surface area contributed by atoms with Crippen LogP contribution in [0.4, 0.5) is 5.69 Å². The van der Waals surface area contributed by atoms with Crippen molar-refractivity contribution in [3.05, 3.63) is 30.3 Å². The van der Waals surface area contributed by atoms with Gasteiger partial charge in [-0.3, -0.25) is 4.79 Å². The van der Waals surface area contributed by atoms with E-state index in [-0.39, 0.29) is 12.5 Å². The third-order valence-corrected chi connectivity index (χ3v) is 1.97. The van der Waals surface area contributed by atoms with E-state index >= 15 is 0 Å². The zero-order valence-electron chi connectivity index (χ0n) is 8.73. The lowest BCUT2D eigenvalue weighted by atomic mass is 10.3. The summed E-state index contributed by atoms with van der Waals surface area (Å²) in [5, 5.41) is 2.62. The zero-order valence-corrected chi connectivity index (χ0v) is 8.73. The van der Waals surface area contributed by atoms with E-state index in [1.54, 1.807) is 0 Å². The Hall–Kier alpha value is -1.95. The highest BCUT2D eigenvalue weighted by molar-refractivity contribution is 5.81. The van der Waals surface area contributed by atoms with Crippen LogP contribution in [0.25, 0.3) is 0 Å². The summed E-state index contributed by atoms with van der Waals surface area (Å²) in [6.07, 6.45) is 5.04. The van der Waals surface area contributed by atoms with Gasteiger partial charge in [-0.05, 0) is 12.1 Å². The molecule has 1 aromatic carbocycles. The first-order valence-electron chi connectivity index (χ1n) is 4.70. The minimum absolute atomic E-state index is 0.0701. The van der Waals surface area contributed by atoms with Gasteiger partial charge in [-0.1, -0.05) is 24.1 Å². The number of rotatable bonds is 4. The third-order valence-electron chi connectivity index (χ3n) is 1.97. The minimum Gasteiger partial charge on any atom is -0.365 e. The molecule has 0 heterocycles. The van der Waals surface area contributed by atoms with Crippen molar-refractivity contribution in [3.63, 3.8) is 0 Å². The lowest BCUT2D eigenvalue weighted by molar-refractivity contribution is -0.119. The fourth-order valence-electron chi connectivity index (χ4n) is 1.19. The second-order valence-electron chi connectivity index (χ2n) is 3.17. The van der Waals surface area contributed by atoms with E-state index in [1.807, 2.05) is 42.3 Å². The van der Waals surface area contributed by atoms with E-state index < -0.39 is 0 Å². The Morgan fingerprint density at radius 2 is 2.13 bits per heavy atom. The summed E-state index contributed by atoms with van der Waals surface area (Å²) in [7, 11) is 1.87. The number of benzene rings is 1. The second kappa shape index (κ2) is 5.71. The molecule has 0 unspecified atom stereocenters. The Kier molecular flexibility index (Phi) is 4.24. The van der Waals surface area contributed by atoms with Crippen molar-refractivity contribution in [1.29, 1.82) is 0 Å². The highest BCUT2D eigenvalue weighted by atomic mass is 16.1. The Morgan fingerprint density at radius 1 is 1.47 bits per heavy atom. The molecule has 3 heteroatoms. The maximum Gasteiger partial charge on any atom is 0.240 e. The Morgan fingerprint density at radius 3 is 2.73 bits per heavy atom. The fraction of sp³-hybridized carbons (Fsp3) is 0.250. The maximum atomic E-state index is 11.3. The SMILES string of the molecule is C#CCNC(=O)CN(C)c1ccccc1. The van der Waals surface area contributed by atoms with Crippen LogP contribution in [0.3, 0.4) is 0 Å². The number of carbonyl (C=O) groups excluding carboxylic acids is 1. The van der Waals surface area contributed by atoms with E-state index in [4.69, 9.17) is 6.42 Å². The predicted molar refractivity (Wildman–Crippen MR) is 61.6 cm³/mol. The monoisotopic (exact) mass is 202 g/mol. The normalized spacial score (nSPS) is 9.07. The van der Waals surface area contributed by atoms with E-state index in [0.29, 0.717) is 6.54 Å². The number of terminal acetylenes is 1. The van der Waals surface area contributed by atoms with Crippen LogP contribution < -0.4 is 10.2 Å². The summed E-state index contributed by atoms with van der Waals surface area (Å²) >= 11 is 0. The summed E-state index contributed by atoms with van der Waals surface area (Å²) in [6, 6.07) is 9.72. The molecule has 0 radical (unpaired) electrons. The molecule has 15 heavy (non-hydrogen) atoms. The molecule has 0 aliphatic carbocycles. The number of amides is 1. The van der Waals surface area contributed by atoms with E-state index in [2.05, 4.69) is 11.2 Å². The fourth-order valence-corrected chi connectivity index (χ4v) is 1.19. The predicted octanol–water partition coefficient (Wildman–Crippen LogP) is 0.872. The number of hydrogen-bond acceptors (Lipinski definition) is 2. The van der Waals surface area contributed by atoms with Gasteiger partial charge in [0.25, 0.3) is 0 Å². The van der Waals surface area contributed by atoms with Crippen molar-refractivity contribution < 1.29 is 4.79 Å². The molecule has 1 rings (SSSR count). The average molecular weight is 202 g/mol. The quantitative estimate of drug-likeness (QED) is 0.735. The van der Waals surface area contributed by atoms with Crippen molar-refractivity contribution in [2.75, 3.05) is 25.0 Å². The summed E-state index contributed by atoms with van der Waals surface area (Å²) in [4.78, 5) is 13.2. The standard InChI is InChI=1S/C12H14N2O/c1-3-9-13-12(15)10-14(2)11-7-5-4-6-8-11/h1,4-8H,9-10H2,2H3,(H,13,15). The lowest BCUT2D eigenvalue weighted by Gasteiger charge is -2.18. The molecule has 0 aliphatic rings. The summed E-state index contributed by atoms with van der Waals surface area (Å²) in [5.74, 6) is 2.29. The van der Waals surface area contributed by atoms with Gasteiger partial charge in [0, 0.05) is 12.7 Å². The molecule has 0 atom stereocenters. The summed E-state index contributed by atoms with van der Waals surface area (Å²) < 4.78 is 0. The molecule has 0 bridgehead atoms. The molecule has 1 aromatic rings. The number of nitrogens with zero attached hydrogens (tertiary/aromatic N) is 1. The first-order valence-corrected chi connectivity index (χ1v) is 4.70. The summed E-state index contributed by atoms with van der Waals surface area (Å²) in [5.41, 5.74) is 1.01. The van der Waals surface area contributed by atoms with Gasteiger partial charge in [0.2, 0.25) is 5.91 Å². The number of hydrogen-bond donors (Lipinski definition) is 1. The van der Waals surface area contributed by atoms with Crippen LogP contribution in [0.1, 0.15) is 0 Å². The van der Waals surface area contributed by atoms with Crippen LogP contribution in [0.5, 0.6) is 0 Å². The van der Waals surface area contributed by atoms with Crippen LogP contribution in [0.2, 0.25) is 0 Å². The Bertz CT molecular complexity index is 354. The highest BCUT2D eigenvalue weighted by Crippen LogP contribution is 2.09. The largest absolute Gasteiger partial charge is 0.365 e. The molecule has 0 aliphatic heterocycles. The minimum atomic E-state index is -0.0701. The first kappa shape index (κ1) is 11.1. The van der Waals surface area contributed by atoms with Gasteiger partial charge in [-0.2, -0.15) is 0 Å². The average Bonchev–Trinajstić information content (AvgIpc) is 2.27. The van der Waals surface area contributed by atoms with Crippen molar-refractivity contribution >= 4 is 11.6 Å². The molecule has 0 spiro atoms. The van der Waals surface area contributed by atoms with E-state index in [9.17, 15) is 4.79 Å². The smallest absolute Gasteiger partial charge is 0.240 e. The first-order chi connectivity index (χ1) is 7.24. The van der Waals surface area contributed by atoms with Gasteiger partial charge in [-0.25, -0.2) is 0 Å². The Balaban J connectivity index is 2.46. The van der Waals surface area contributed by atoms with Crippen LogP contribution in [0, 0.1) is 12.3 Å². The number of nitrogens with one attached hydrogen (secondary N) is 1. The molecule has 0 saturated carbocycles. The molecular weight excluding hydrogens is 188 g/mol. The highest BCUT2D eigenvalue weighted by Gasteiger charge is 2.05. The van der Waals surface area contributed by atoms with Gasteiger partial charge in [0.05, 0.1) is 13.1 Å². The second-order valence-corrected chi connectivity index (χ2v) is 3.17. The van der Waals surface area contributed by atoms with Crippen LogP contribution in [-0.4, -0.2) is 26.0 Å². The number of likely N-dealkylation sites (N-methyl/N-ethyl adjacent to an activating group) is 1. The third kappa shape index (κ3) is 3.74. The van der Waals surface area contributed by atoms with Crippen molar-refractivity contribution in [1.82, 2.24) is 5.32 Å². The van der Waals surface area contributed by atoms with Crippen LogP contribution in [-0.2, 0) is 4.79 Å². The van der Waals surface area contributed by atoms with Crippen molar-refractivity contribution in [2.24, 2.45) is 0 Å². The number of anilines is 1. The topological polar surface area (TPSA) is 32.3 Å². The van der Waals surface area contributed by atoms with Crippen LogP contribution in [0.15, 0.2) is 30.3 Å². The number of para-hydroxylation sites is 1. The molecular formula is C12H14N2O. The maximum absolute atomic E-state index is 11.3. The zero-order chi connectivity index (χ0) is 11.1. The molecule has 0 aromatic heterocycles. The van der Waals surface area contributed by atoms with Gasteiger partial charge in [0.1, 0.15) is 0 Å². The van der Waals surface area contributed by atoms with Gasteiger partial charge < -0.3 is 10.2 Å². The molecule has 0 saturated heterocycles. The summed E-state index contributed by atoms with van der Waals surface area (Å²) in [6.45, 7) is 0.590. The molecule has 1 N–H and O–H groups in total.